The Labute approximate surface area is 168 Å². The topological polar surface area (TPSA) is 89.6 Å². The molecule has 1 aliphatic rings. The lowest BCUT2D eigenvalue weighted by Crippen LogP contribution is -2.40. The summed E-state index contributed by atoms with van der Waals surface area (Å²) < 4.78 is 17.2. The minimum atomic E-state index is -1.07. The Balaban J connectivity index is 2.01. The number of carbonyl (C=O) groups excluding carboxylic acids is 1. The summed E-state index contributed by atoms with van der Waals surface area (Å²) in [7, 11) is 0. The van der Waals surface area contributed by atoms with Crippen LogP contribution in [0, 0.1) is 11.3 Å². The number of para-hydroxylation sites is 1. The number of ether oxygens (including phenoxy) is 2. The highest BCUT2D eigenvalue weighted by molar-refractivity contribution is 9.10. The molecule has 0 radical (unpaired) electrons. The molecule has 4 rings (SSSR count). The van der Waals surface area contributed by atoms with Gasteiger partial charge in [0.25, 0.3) is 0 Å². The molecule has 6 nitrogen and oxygen atoms in total. The highest BCUT2D eigenvalue weighted by atomic mass is 79.9. The quantitative estimate of drug-likeness (QED) is 0.484. The van der Waals surface area contributed by atoms with E-state index in [1.165, 1.54) is 0 Å². The van der Waals surface area contributed by atoms with E-state index in [0.29, 0.717) is 16.5 Å². The van der Waals surface area contributed by atoms with Gasteiger partial charge in [-0.2, -0.15) is 0 Å². The summed E-state index contributed by atoms with van der Waals surface area (Å²) in [4.78, 5) is 25.5. The van der Waals surface area contributed by atoms with Crippen LogP contribution in [0.4, 0.5) is 0 Å². The molecule has 0 bridgehead atoms. The molecule has 0 spiro atoms. The number of halogens is 1. The van der Waals surface area contributed by atoms with E-state index in [9.17, 15) is 9.59 Å². The van der Waals surface area contributed by atoms with Crippen LogP contribution in [0.25, 0.3) is 11.0 Å². The summed E-state index contributed by atoms with van der Waals surface area (Å²) in [5.74, 6) is -2.43. The fraction of sp³-hybridized carbons (Fsp3) is 0.190. The van der Waals surface area contributed by atoms with Crippen molar-refractivity contribution in [1.29, 1.82) is 5.41 Å². The minimum Gasteiger partial charge on any atom is -0.465 e. The predicted molar refractivity (Wildman–Crippen MR) is 107 cm³/mol. The Bertz CT molecular complexity index is 1140. The number of fused-ring (bicyclic) bond motifs is 3. The first-order valence-corrected chi connectivity index (χ1v) is 9.54. The van der Waals surface area contributed by atoms with E-state index < -0.39 is 23.4 Å². The molecule has 28 heavy (non-hydrogen) atoms. The van der Waals surface area contributed by atoms with Gasteiger partial charge in [-0.1, -0.05) is 40.2 Å². The molecular formula is C21H16BrNO5. The van der Waals surface area contributed by atoms with E-state index in [0.717, 1.165) is 4.47 Å². The number of esters is 1. The van der Waals surface area contributed by atoms with Crippen molar-refractivity contribution in [2.24, 2.45) is 5.92 Å². The Morgan fingerprint density at radius 1 is 1.18 bits per heavy atom. The zero-order valence-electron chi connectivity index (χ0n) is 14.9. The van der Waals surface area contributed by atoms with Crippen LogP contribution in [0.3, 0.4) is 0 Å². The molecule has 2 atom stereocenters. The maximum atomic E-state index is 12.9. The molecule has 0 amide bonds. The molecule has 0 unspecified atom stereocenters. The first-order chi connectivity index (χ1) is 13.5. The van der Waals surface area contributed by atoms with Crippen molar-refractivity contribution < 1.29 is 18.7 Å². The van der Waals surface area contributed by atoms with E-state index in [1.54, 1.807) is 43.3 Å². The highest BCUT2D eigenvalue weighted by Crippen LogP contribution is 2.44. The molecule has 0 fully saturated rings. The third kappa shape index (κ3) is 3.01. The van der Waals surface area contributed by atoms with Gasteiger partial charge in [0.1, 0.15) is 11.5 Å². The van der Waals surface area contributed by atoms with Crippen LogP contribution in [0.2, 0.25) is 0 Å². The van der Waals surface area contributed by atoms with Gasteiger partial charge in [-0.3, -0.25) is 10.2 Å². The van der Waals surface area contributed by atoms with Gasteiger partial charge in [-0.15, -0.1) is 0 Å². The smallest absolute Gasteiger partial charge is 0.343 e. The molecular weight excluding hydrogens is 426 g/mol. The van der Waals surface area contributed by atoms with Crippen molar-refractivity contribution in [3.63, 3.8) is 0 Å². The zero-order chi connectivity index (χ0) is 19.8. The second-order valence-electron chi connectivity index (χ2n) is 6.35. The number of hydrogen-bond acceptors (Lipinski definition) is 6. The van der Waals surface area contributed by atoms with Crippen molar-refractivity contribution in [2.75, 3.05) is 6.61 Å². The summed E-state index contributed by atoms with van der Waals surface area (Å²) in [5.41, 5.74) is 0.680. The van der Waals surface area contributed by atoms with Crippen LogP contribution < -0.4 is 10.4 Å². The lowest BCUT2D eigenvalue weighted by molar-refractivity contribution is -0.146. The van der Waals surface area contributed by atoms with Gasteiger partial charge < -0.3 is 13.9 Å². The SMILES string of the molecule is CCOC(=O)[C@@H]1C(=N)Oc2c(c(=O)oc3ccccc23)[C@H]1c1ccc(Br)cc1. The molecule has 1 aromatic heterocycles. The van der Waals surface area contributed by atoms with Crippen molar-refractivity contribution in [3.05, 3.63) is 74.6 Å². The summed E-state index contributed by atoms with van der Waals surface area (Å²) in [6, 6.07) is 14.2. The maximum absolute atomic E-state index is 12.9. The number of benzene rings is 2. The zero-order valence-corrected chi connectivity index (χ0v) is 16.5. The van der Waals surface area contributed by atoms with Crippen LogP contribution in [0.5, 0.6) is 5.75 Å². The molecule has 0 saturated heterocycles. The van der Waals surface area contributed by atoms with Gasteiger partial charge in [-0.25, -0.2) is 4.79 Å². The van der Waals surface area contributed by atoms with E-state index in [4.69, 9.17) is 19.3 Å². The maximum Gasteiger partial charge on any atom is 0.343 e. The predicted octanol–water partition coefficient (Wildman–Crippen LogP) is 4.24. The number of hydrogen-bond donors (Lipinski definition) is 1. The van der Waals surface area contributed by atoms with Crippen molar-refractivity contribution in [3.8, 4) is 5.75 Å². The average molecular weight is 442 g/mol. The molecule has 1 N–H and O–H groups in total. The second-order valence-corrected chi connectivity index (χ2v) is 7.27. The molecule has 1 aliphatic heterocycles. The molecule has 0 saturated carbocycles. The Morgan fingerprint density at radius 2 is 1.89 bits per heavy atom. The van der Waals surface area contributed by atoms with Crippen LogP contribution in [0.15, 0.2) is 62.2 Å². The molecule has 0 aliphatic carbocycles. The van der Waals surface area contributed by atoms with E-state index in [1.807, 2.05) is 12.1 Å². The molecule has 3 aromatic rings. The molecule has 142 valence electrons. The number of rotatable bonds is 3. The van der Waals surface area contributed by atoms with Crippen LogP contribution in [0.1, 0.15) is 24.0 Å². The van der Waals surface area contributed by atoms with Crippen LogP contribution >= 0.6 is 15.9 Å². The van der Waals surface area contributed by atoms with Crippen molar-refractivity contribution >= 4 is 38.8 Å². The second kappa shape index (κ2) is 7.24. The van der Waals surface area contributed by atoms with E-state index in [-0.39, 0.29) is 23.8 Å². The minimum absolute atomic E-state index is 0.162. The average Bonchev–Trinajstić information content (AvgIpc) is 2.68. The summed E-state index contributed by atoms with van der Waals surface area (Å²) in [5, 5.41) is 8.96. The van der Waals surface area contributed by atoms with E-state index >= 15 is 0 Å². The third-order valence-corrected chi connectivity index (χ3v) is 5.24. The van der Waals surface area contributed by atoms with Crippen molar-refractivity contribution in [1.82, 2.24) is 0 Å². The first kappa shape index (κ1) is 18.4. The van der Waals surface area contributed by atoms with E-state index in [2.05, 4.69) is 15.9 Å². The Hall–Kier alpha value is -2.93. The van der Waals surface area contributed by atoms with Gasteiger partial charge in [0.15, 0.2) is 5.75 Å². The van der Waals surface area contributed by atoms with Gasteiger partial charge in [0.05, 0.1) is 17.6 Å². The van der Waals surface area contributed by atoms with Crippen LogP contribution in [-0.2, 0) is 9.53 Å². The lowest BCUT2D eigenvalue weighted by atomic mass is 9.78. The lowest BCUT2D eigenvalue weighted by Gasteiger charge is -2.32. The molecule has 7 heteroatoms. The normalized spacial score (nSPS) is 18.4. The largest absolute Gasteiger partial charge is 0.465 e. The highest BCUT2D eigenvalue weighted by Gasteiger charge is 2.45. The molecule has 2 heterocycles. The number of carbonyl (C=O) groups is 1. The van der Waals surface area contributed by atoms with Crippen LogP contribution in [-0.4, -0.2) is 18.5 Å². The first-order valence-electron chi connectivity index (χ1n) is 8.75. The third-order valence-electron chi connectivity index (χ3n) is 4.71. The Morgan fingerprint density at radius 3 is 2.61 bits per heavy atom. The number of nitrogens with one attached hydrogen (secondary N) is 1. The molecule has 2 aromatic carbocycles. The summed E-state index contributed by atoms with van der Waals surface area (Å²) >= 11 is 3.39. The van der Waals surface area contributed by atoms with Gasteiger partial charge in [-0.05, 0) is 36.8 Å². The van der Waals surface area contributed by atoms with Crippen molar-refractivity contribution in [2.45, 2.75) is 12.8 Å². The standard InChI is InChI=1S/C21H16BrNO5/c1-2-26-20(24)17-15(11-7-9-12(22)10-8-11)16-18(28-19(17)23)13-5-3-4-6-14(13)27-21(16)25/h3-10,15,17,23H,2H2,1H3/t15-,17+/m1/s1. The van der Waals surface area contributed by atoms with Gasteiger partial charge in [0, 0.05) is 10.4 Å². The van der Waals surface area contributed by atoms with Gasteiger partial charge >= 0.3 is 11.6 Å². The summed E-state index contributed by atoms with van der Waals surface area (Å²) in [6.07, 6.45) is 0. The monoisotopic (exact) mass is 441 g/mol. The fourth-order valence-corrected chi connectivity index (χ4v) is 3.77. The Kier molecular flexibility index (Phi) is 4.77. The van der Waals surface area contributed by atoms with Gasteiger partial charge in [0.2, 0.25) is 5.90 Å². The summed E-state index contributed by atoms with van der Waals surface area (Å²) in [6.45, 7) is 1.85. The fourth-order valence-electron chi connectivity index (χ4n) is 3.51.